The molecule has 2 N–H and O–H groups in total. The minimum Gasteiger partial charge on any atom is -0.395 e. The summed E-state index contributed by atoms with van der Waals surface area (Å²) in [6.07, 6.45) is 5.61. The van der Waals surface area contributed by atoms with E-state index in [0.717, 1.165) is 23.8 Å². The number of nitrogens with two attached hydrogens (primary N) is 1. The zero-order valence-corrected chi connectivity index (χ0v) is 11.0. The van der Waals surface area contributed by atoms with E-state index in [1.54, 1.807) is 0 Å². The standard InChI is InChI=1S/C12H21N3S/c1-3-15-12(11(13)9(2)14-15)16-8-10-6-4-5-7-10/h10H,3-8,13H2,1-2H3. The molecule has 0 saturated heterocycles. The highest BCUT2D eigenvalue weighted by Crippen LogP contribution is 2.34. The summed E-state index contributed by atoms with van der Waals surface area (Å²) >= 11 is 1.89. The fourth-order valence-corrected chi connectivity index (χ4v) is 3.66. The number of aromatic nitrogens is 2. The predicted octanol–water partition coefficient (Wildman–Crippen LogP) is 3.08. The van der Waals surface area contributed by atoms with Crippen LogP contribution in [-0.4, -0.2) is 15.5 Å². The predicted molar refractivity (Wildman–Crippen MR) is 69.7 cm³/mol. The Hall–Kier alpha value is -0.640. The lowest BCUT2D eigenvalue weighted by Crippen LogP contribution is -2.02. The summed E-state index contributed by atoms with van der Waals surface area (Å²) in [7, 11) is 0. The Balaban J connectivity index is 2.01. The van der Waals surface area contributed by atoms with Crippen LogP contribution in [0, 0.1) is 12.8 Å². The van der Waals surface area contributed by atoms with Gasteiger partial charge in [0.25, 0.3) is 0 Å². The van der Waals surface area contributed by atoms with Gasteiger partial charge < -0.3 is 5.73 Å². The molecule has 16 heavy (non-hydrogen) atoms. The van der Waals surface area contributed by atoms with E-state index in [1.807, 2.05) is 23.4 Å². The van der Waals surface area contributed by atoms with Crippen molar-refractivity contribution < 1.29 is 0 Å². The Morgan fingerprint density at radius 3 is 2.75 bits per heavy atom. The molecule has 0 aliphatic heterocycles. The Morgan fingerprint density at radius 2 is 2.12 bits per heavy atom. The van der Waals surface area contributed by atoms with E-state index in [2.05, 4.69) is 12.0 Å². The first kappa shape index (κ1) is 11.8. The van der Waals surface area contributed by atoms with Gasteiger partial charge in [0.2, 0.25) is 0 Å². The molecular formula is C12H21N3S. The summed E-state index contributed by atoms with van der Waals surface area (Å²) in [5, 5.41) is 5.62. The van der Waals surface area contributed by atoms with Crippen LogP contribution >= 0.6 is 11.8 Å². The van der Waals surface area contributed by atoms with Crippen molar-refractivity contribution in [1.29, 1.82) is 0 Å². The number of rotatable bonds is 4. The van der Waals surface area contributed by atoms with E-state index in [4.69, 9.17) is 5.73 Å². The van der Waals surface area contributed by atoms with Crippen LogP contribution in [0.25, 0.3) is 0 Å². The first-order valence-electron chi connectivity index (χ1n) is 6.18. The van der Waals surface area contributed by atoms with Crippen molar-refractivity contribution in [3.63, 3.8) is 0 Å². The monoisotopic (exact) mass is 239 g/mol. The summed E-state index contributed by atoms with van der Waals surface area (Å²) in [6.45, 7) is 5.01. The van der Waals surface area contributed by atoms with Crippen molar-refractivity contribution in [1.82, 2.24) is 9.78 Å². The maximum absolute atomic E-state index is 6.06. The smallest absolute Gasteiger partial charge is 0.117 e. The molecule has 4 heteroatoms. The van der Waals surface area contributed by atoms with Crippen molar-refractivity contribution >= 4 is 17.4 Å². The molecule has 1 aliphatic rings. The summed E-state index contributed by atoms with van der Waals surface area (Å²) in [4.78, 5) is 0. The number of nitrogens with zero attached hydrogens (tertiary/aromatic N) is 2. The summed E-state index contributed by atoms with van der Waals surface area (Å²) < 4.78 is 2.03. The van der Waals surface area contributed by atoms with Gasteiger partial charge in [0.1, 0.15) is 5.03 Å². The zero-order chi connectivity index (χ0) is 11.5. The fraction of sp³-hybridized carbons (Fsp3) is 0.750. The van der Waals surface area contributed by atoms with Gasteiger partial charge in [-0.3, -0.25) is 4.68 Å². The fourth-order valence-electron chi connectivity index (χ4n) is 2.31. The van der Waals surface area contributed by atoms with E-state index in [1.165, 1.54) is 36.5 Å². The first-order chi connectivity index (χ1) is 7.72. The van der Waals surface area contributed by atoms with Gasteiger partial charge in [0.05, 0.1) is 11.4 Å². The number of nitrogen functional groups attached to an aromatic ring is 1. The molecular weight excluding hydrogens is 218 g/mol. The highest BCUT2D eigenvalue weighted by atomic mass is 32.2. The van der Waals surface area contributed by atoms with E-state index >= 15 is 0 Å². The Labute approximate surface area is 102 Å². The molecule has 1 saturated carbocycles. The lowest BCUT2D eigenvalue weighted by Gasteiger charge is -2.09. The normalized spacial score (nSPS) is 17.1. The molecule has 0 bridgehead atoms. The SMILES string of the molecule is CCn1nc(C)c(N)c1SCC1CCCC1. The van der Waals surface area contributed by atoms with Crippen LogP contribution in [0.3, 0.4) is 0 Å². The Bertz CT molecular complexity index is 353. The van der Waals surface area contributed by atoms with Gasteiger partial charge in [0.15, 0.2) is 0 Å². The molecule has 0 unspecified atom stereocenters. The van der Waals surface area contributed by atoms with Crippen LogP contribution in [0.2, 0.25) is 0 Å². The van der Waals surface area contributed by atoms with Crippen LogP contribution in [0.4, 0.5) is 5.69 Å². The van der Waals surface area contributed by atoms with E-state index in [0.29, 0.717) is 0 Å². The van der Waals surface area contributed by atoms with Gasteiger partial charge >= 0.3 is 0 Å². The highest BCUT2D eigenvalue weighted by Gasteiger charge is 2.18. The number of hydrogen-bond donors (Lipinski definition) is 1. The molecule has 90 valence electrons. The largest absolute Gasteiger partial charge is 0.395 e. The number of hydrogen-bond acceptors (Lipinski definition) is 3. The third kappa shape index (κ3) is 2.37. The molecule has 0 radical (unpaired) electrons. The maximum atomic E-state index is 6.06. The van der Waals surface area contributed by atoms with Crippen molar-refractivity contribution in [2.75, 3.05) is 11.5 Å². The summed E-state index contributed by atoms with van der Waals surface area (Å²) in [5.74, 6) is 2.10. The van der Waals surface area contributed by atoms with Crippen molar-refractivity contribution in [3.8, 4) is 0 Å². The van der Waals surface area contributed by atoms with Crippen LogP contribution < -0.4 is 5.73 Å². The molecule has 1 heterocycles. The molecule has 0 atom stereocenters. The molecule has 0 amide bonds. The second kappa shape index (κ2) is 5.13. The van der Waals surface area contributed by atoms with Crippen molar-refractivity contribution in [3.05, 3.63) is 5.69 Å². The van der Waals surface area contributed by atoms with Crippen molar-refractivity contribution in [2.45, 2.75) is 51.1 Å². The Morgan fingerprint density at radius 1 is 1.44 bits per heavy atom. The molecule has 2 rings (SSSR count). The average molecular weight is 239 g/mol. The van der Waals surface area contributed by atoms with Crippen LogP contribution in [0.15, 0.2) is 5.03 Å². The number of aryl methyl sites for hydroxylation is 2. The molecule has 0 spiro atoms. The number of thioether (sulfide) groups is 1. The van der Waals surface area contributed by atoms with Crippen LogP contribution in [0.1, 0.15) is 38.3 Å². The van der Waals surface area contributed by atoms with Gasteiger partial charge in [0, 0.05) is 12.3 Å². The summed E-state index contributed by atoms with van der Waals surface area (Å²) in [6, 6.07) is 0. The van der Waals surface area contributed by atoms with Gasteiger partial charge in [-0.2, -0.15) is 5.10 Å². The highest BCUT2D eigenvalue weighted by molar-refractivity contribution is 7.99. The van der Waals surface area contributed by atoms with E-state index in [-0.39, 0.29) is 0 Å². The lowest BCUT2D eigenvalue weighted by atomic mass is 10.1. The average Bonchev–Trinajstić information content (AvgIpc) is 2.87. The second-order valence-corrected chi connectivity index (χ2v) is 5.59. The van der Waals surface area contributed by atoms with Crippen molar-refractivity contribution in [2.24, 2.45) is 5.92 Å². The quantitative estimate of drug-likeness (QED) is 0.821. The van der Waals surface area contributed by atoms with Gasteiger partial charge in [-0.15, -0.1) is 11.8 Å². The molecule has 1 aromatic heterocycles. The Kier molecular flexibility index (Phi) is 3.79. The molecule has 0 aromatic carbocycles. The third-order valence-corrected chi connectivity index (χ3v) is 4.70. The van der Waals surface area contributed by atoms with Gasteiger partial charge in [-0.25, -0.2) is 0 Å². The van der Waals surface area contributed by atoms with Gasteiger partial charge in [-0.05, 0) is 32.6 Å². The number of anilines is 1. The first-order valence-corrected chi connectivity index (χ1v) is 7.16. The third-order valence-electron chi connectivity index (χ3n) is 3.36. The zero-order valence-electron chi connectivity index (χ0n) is 10.2. The van der Waals surface area contributed by atoms with E-state index in [9.17, 15) is 0 Å². The maximum Gasteiger partial charge on any atom is 0.117 e. The van der Waals surface area contributed by atoms with E-state index < -0.39 is 0 Å². The van der Waals surface area contributed by atoms with Crippen LogP contribution in [-0.2, 0) is 6.54 Å². The molecule has 1 fully saturated rings. The van der Waals surface area contributed by atoms with Crippen LogP contribution in [0.5, 0.6) is 0 Å². The minimum atomic E-state index is 0.879. The molecule has 1 aliphatic carbocycles. The minimum absolute atomic E-state index is 0.879. The van der Waals surface area contributed by atoms with Gasteiger partial charge in [-0.1, -0.05) is 12.8 Å². The topological polar surface area (TPSA) is 43.8 Å². The second-order valence-electron chi connectivity index (χ2n) is 4.58. The molecule has 1 aromatic rings. The summed E-state index contributed by atoms with van der Waals surface area (Å²) in [5.41, 5.74) is 7.91. The lowest BCUT2D eigenvalue weighted by molar-refractivity contribution is 0.595. The molecule has 3 nitrogen and oxygen atoms in total.